The van der Waals surface area contributed by atoms with E-state index in [0.29, 0.717) is 13.2 Å². The zero-order valence-corrected chi connectivity index (χ0v) is 13.5. The Balaban J connectivity index is 1.79. The molecule has 1 aliphatic heterocycles. The summed E-state index contributed by atoms with van der Waals surface area (Å²) in [5, 5.41) is 0. The van der Waals surface area contributed by atoms with Crippen molar-refractivity contribution < 1.29 is 9.53 Å². The van der Waals surface area contributed by atoms with Gasteiger partial charge < -0.3 is 9.64 Å². The normalized spacial score (nSPS) is 18.0. The molecule has 0 aromatic carbocycles. The Morgan fingerprint density at radius 3 is 2.96 bits per heavy atom. The lowest BCUT2D eigenvalue weighted by Gasteiger charge is -2.32. The topological polar surface area (TPSA) is 73.1 Å². The molecule has 0 spiro atoms. The molecule has 7 heteroatoms. The van der Waals surface area contributed by atoms with Gasteiger partial charge in [0, 0.05) is 25.5 Å². The van der Waals surface area contributed by atoms with Crippen LogP contribution in [0.1, 0.15) is 25.6 Å². The van der Waals surface area contributed by atoms with Crippen molar-refractivity contribution in [2.45, 2.75) is 26.7 Å². The minimum absolute atomic E-state index is 0.0934. The molecule has 3 rings (SSSR count). The highest BCUT2D eigenvalue weighted by molar-refractivity contribution is 5.73. The fraction of sp³-hybridized carbons (Fsp3) is 0.500. The number of imidazole rings is 1. The second kappa shape index (κ2) is 6.76. The van der Waals surface area contributed by atoms with Crippen molar-refractivity contribution in [2.24, 2.45) is 5.92 Å². The highest BCUT2D eigenvalue weighted by atomic mass is 16.5. The average molecular weight is 315 g/mol. The van der Waals surface area contributed by atoms with E-state index in [2.05, 4.69) is 19.9 Å². The van der Waals surface area contributed by atoms with E-state index in [-0.39, 0.29) is 11.9 Å². The van der Waals surface area contributed by atoms with Crippen LogP contribution in [0, 0.1) is 12.8 Å². The van der Waals surface area contributed by atoms with Gasteiger partial charge in [-0.2, -0.15) is 0 Å². The SMILES string of the molecule is CCOC(=O)C1CCCN(c2cncc(-n3ccnc3C)n2)C1. The highest BCUT2D eigenvalue weighted by Crippen LogP contribution is 2.23. The third kappa shape index (κ3) is 3.33. The molecule has 7 nitrogen and oxygen atoms in total. The number of esters is 1. The molecule has 0 N–H and O–H groups in total. The number of piperidine rings is 1. The Labute approximate surface area is 135 Å². The van der Waals surface area contributed by atoms with Crippen LogP contribution in [0.15, 0.2) is 24.8 Å². The highest BCUT2D eigenvalue weighted by Gasteiger charge is 2.27. The van der Waals surface area contributed by atoms with Gasteiger partial charge in [-0.1, -0.05) is 0 Å². The Morgan fingerprint density at radius 1 is 1.39 bits per heavy atom. The number of rotatable bonds is 4. The molecule has 0 saturated carbocycles. The molecule has 1 fully saturated rings. The zero-order valence-electron chi connectivity index (χ0n) is 13.5. The summed E-state index contributed by atoms with van der Waals surface area (Å²) in [6.45, 7) is 5.67. The molecule has 0 bridgehead atoms. The molecule has 0 radical (unpaired) electrons. The van der Waals surface area contributed by atoms with E-state index < -0.39 is 0 Å². The van der Waals surface area contributed by atoms with Crippen molar-refractivity contribution in [1.29, 1.82) is 0 Å². The fourth-order valence-corrected chi connectivity index (χ4v) is 2.87. The van der Waals surface area contributed by atoms with Gasteiger partial charge in [0.05, 0.1) is 24.9 Å². The minimum Gasteiger partial charge on any atom is -0.466 e. The smallest absolute Gasteiger partial charge is 0.310 e. The summed E-state index contributed by atoms with van der Waals surface area (Å²) in [7, 11) is 0. The van der Waals surface area contributed by atoms with Crippen LogP contribution in [-0.4, -0.2) is 45.2 Å². The fourth-order valence-electron chi connectivity index (χ4n) is 2.87. The average Bonchev–Trinajstić information content (AvgIpc) is 3.01. The van der Waals surface area contributed by atoms with Crippen LogP contribution in [0.4, 0.5) is 5.82 Å². The molecular weight excluding hydrogens is 294 g/mol. The lowest BCUT2D eigenvalue weighted by atomic mass is 9.98. The molecule has 2 aromatic heterocycles. The van der Waals surface area contributed by atoms with E-state index in [1.54, 1.807) is 18.6 Å². The van der Waals surface area contributed by atoms with Gasteiger partial charge in [-0.3, -0.25) is 14.3 Å². The van der Waals surface area contributed by atoms with Crippen LogP contribution >= 0.6 is 0 Å². The number of nitrogens with zero attached hydrogens (tertiary/aromatic N) is 5. The predicted octanol–water partition coefficient (Wildman–Crippen LogP) is 1.75. The van der Waals surface area contributed by atoms with Gasteiger partial charge in [0.1, 0.15) is 11.6 Å². The van der Waals surface area contributed by atoms with Crippen LogP contribution in [0.3, 0.4) is 0 Å². The van der Waals surface area contributed by atoms with Crippen LogP contribution in [0.25, 0.3) is 5.82 Å². The maximum Gasteiger partial charge on any atom is 0.310 e. The van der Waals surface area contributed by atoms with Crippen LogP contribution in [0.5, 0.6) is 0 Å². The third-order valence-electron chi connectivity index (χ3n) is 4.05. The van der Waals surface area contributed by atoms with Crippen LogP contribution in [-0.2, 0) is 9.53 Å². The molecule has 0 amide bonds. The Hall–Kier alpha value is -2.44. The van der Waals surface area contributed by atoms with Gasteiger partial charge in [0.15, 0.2) is 5.82 Å². The Kier molecular flexibility index (Phi) is 4.55. The van der Waals surface area contributed by atoms with Gasteiger partial charge >= 0.3 is 5.97 Å². The molecule has 1 atom stereocenters. The molecule has 2 aromatic rings. The number of carbonyl (C=O) groups excluding carboxylic acids is 1. The number of aryl methyl sites for hydroxylation is 1. The van der Waals surface area contributed by atoms with Gasteiger partial charge in [0.2, 0.25) is 0 Å². The van der Waals surface area contributed by atoms with Crippen LogP contribution in [0.2, 0.25) is 0 Å². The summed E-state index contributed by atoms with van der Waals surface area (Å²) in [6, 6.07) is 0. The van der Waals surface area contributed by atoms with E-state index >= 15 is 0 Å². The Bertz CT molecular complexity index is 685. The molecule has 1 aliphatic rings. The lowest BCUT2D eigenvalue weighted by Crippen LogP contribution is -2.40. The van der Waals surface area contributed by atoms with Gasteiger partial charge in [-0.25, -0.2) is 9.97 Å². The number of hydrogen-bond donors (Lipinski definition) is 0. The number of hydrogen-bond acceptors (Lipinski definition) is 6. The molecule has 3 heterocycles. The second-order valence-electron chi connectivity index (χ2n) is 5.62. The largest absolute Gasteiger partial charge is 0.466 e. The second-order valence-corrected chi connectivity index (χ2v) is 5.62. The van der Waals surface area contributed by atoms with Crippen molar-refractivity contribution in [1.82, 2.24) is 19.5 Å². The monoisotopic (exact) mass is 315 g/mol. The first-order valence-electron chi connectivity index (χ1n) is 7.93. The lowest BCUT2D eigenvalue weighted by molar-refractivity contribution is -0.148. The number of aromatic nitrogens is 4. The zero-order chi connectivity index (χ0) is 16.2. The van der Waals surface area contributed by atoms with Crippen molar-refractivity contribution in [3.05, 3.63) is 30.6 Å². The predicted molar refractivity (Wildman–Crippen MR) is 85.5 cm³/mol. The summed E-state index contributed by atoms with van der Waals surface area (Å²) in [4.78, 5) is 27.3. The quantitative estimate of drug-likeness (QED) is 0.800. The van der Waals surface area contributed by atoms with Crippen molar-refractivity contribution >= 4 is 11.8 Å². The molecule has 0 aliphatic carbocycles. The molecule has 23 heavy (non-hydrogen) atoms. The number of anilines is 1. The van der Waals surface area contributed by atoms with E-state index in [9.17, 15) is 4.79 Å². The molecule has 122 valence electrons. The summed E-state index contributed by atoms with van der Waals surface area (Å²) in [5.41, 5.74) is 0. The van der Waals surface area contributed by atoms with Gasteiger partial charge in [-0.15, -0.1) is 0 Å². The standard InChI is InChI=1S/C16H21N5O2/c1-3-23-16(22)13-5-4-7-20(11-13)14-9-17-10-15(19-14)21-8-6-18-12(21)2/h6,8-10,13H,3-5,7,11H2,1-2H3. The maximum absolute atomic E-state index is 12.0. The summed E-state index contributed by atoms with van der Waals surface area (Å²) < 4.78 is 7.04. The van der Waals surface area contributed by atoms with E-state index in [1.807, 2.05) is 24.6 Å². The van der Waals surface area contributed by atoms with Gasteiger partial charge in [0.25, 0.3) is 0 Å². The molecule has 1 unspecified atom stereocenters. The minimum atomic E-state index is -0.119. The number of carbonyl (C=O) groups is 1. The molecule has 1 saturated heterocycles. The van der Waals surface area contributed by atoms with Crippen molar-refractivity contribution in [2.75, 3.05) is 24.6 Å². The van der Waals surface area contributed by atoms with Crippen LogP contribution < -0.4 is 4.90 Å². The third-order valence-corrected chi connectivity index (χ3v) is 4.05. The van der Waals surface area contributed by atoms with E-state index in [1.165, 1.54) is 0 Å². The van der Waals surface area contributed by atoms with Crippen molar-refractivity contribution in [3.63, 3.8) is 0 Å². The summed E-state index contributed by atoms with van der Waals surface area (Å²) in [5.74, 6) is 2.16. The molecular formula is C16H21N5O2. The van der Waals surface area contributed by atoms with Crippen molar-refractivity contribution in [3.8, 4) is 5.82 Å². The first-order chi connectivity index (χ1) is 11.2. The Morgan fingerprint density at radius 2 is 2.22 bits per heavy atom. The summed E-state index contributed by atoms with van der Waals surface area (Å²) in [6.07, 6.45) is 8.86. The first kappa shape index (κ1) is 15.5. The van der Waals surface area contributed by atoms with E-state index in [0.717, 1.165) is 36.8 Å². The summed E-state index contributed by atoms with van der Waals surface area (Å²) >= 11 is 0. The maximum atomic E-state index is 12.0. The van der Waals surface area contributed by atoms with E-state index in [4.69, 9.17) is 4.74 Å². The van der Waals surface area contributed by atoms with Gasteiger partial charge in [-0.05, 0) is 26.7 Å². The first-order valence-corrected chi connectivity index (χ1v) is 7.93. The number of ether oxygens (including phenoxy) is 1.